The summed E-state index contributed by atoms with van der Waals surface area (Å²) in [7, 11) is 5.55. The average molecular weight is 471 g/mol. The molecule has 5 rings (SSSR count). The van der Waals surface area contributed by atoms with Crippen molar-refractivity contribution < 1.29 is 9.47 Å². The van der Waals surface area contributed by atoms with Crippen molar-refractivity contribution in [3.05, 3.63) is 107 Å². The lowest BCUT2D eigenvalue weighted by Crippen LogP contribution is -2.23. The number of para-hydroxylation sites is 1. The maximum absolute atomic E-state index is 5.47. The number of thioether (sulfide) groups is 1. The van der Waals surface area contributed by atoms with E-state index in [1.54, 1.807) is 14.2 Å². The summed E-state index contributed by atoms with van der Waals surface area (Å²) in [4.78, 5) is 3.72. The maximum Gasteiger partial charge on any atom is 0.160 e. The molecule has 0 bridgehead atoms. The number of hydrogen-bond acceptors (Lipinski definition) is 4. The lowest BCUT2D eigenvalue weighted by atomic mass is 10.1. The van der Waals surface area contributed by atoms with E-state index in [0.717, 1.165) is 31.0 Å². The van der Waals surface area contributed by atoms with Gasteiger partial charge in [0.15, 0.2) is 11.5 Å². The van der Waals surface area contributed by atoms with E-state index < -0.39 is 0 Å². The van der Waals surface area contributed by atoms with Gasteiger partial charge in [-0.1, -0.05) is 48.5 Å². The van der Waals surface area contributed by atoms with E-state index in [-0.39, 0.29) is 0 Å². The van der Waals surface area contributed by atoms with Gasteiger partial charge >= 0.3 is 0 Å². The Morgan fingerprint density at radius 3 is 2.41 bits per heavy atom. The van der Waals surface area contributed by atoms with E-state index in [1.165, 1.54) is 33.1 Å². The fourth-order valence-electron chi connectivity index (χ4n) is 4.63. The number of benzene rings is 3. The maximum atomic E-state index is 5.47. The zero-order chi connectivity index (χ0) is 23.5. The predicted octanol–water partition coefficient (Wildman–Crippen LogP) is 6.36. The van der Waals surface area contributed by atoms with Gasteiger partial charge in [-0.05, 0) is 61.0 Å². The SMILES string of the molecule is COc1ccc(CCN(C)Cc2ccc3n2-c2ccccc2SC3c2ccccc2)cc1OC. The third kappa shape index (κ3) is 4.46. The number of fused-ring (bicyclic) bond motifs is 3. The molecule has 1 aliphatic heterocycles. The van der Waals surface area contributed by atoms with E-state index in [4.69, 9.17) is 9.47 Å². The fraction of sp³-hybridized carbons (Fsp3) is 0.241. The first-order valence-corrected chi connectivity index (χ1v) is 12.5. The molecular weight excluding hydrogens is 440 g/mol. The van der Waals surface area contributed by atoms with E-state index in [0.29, 0.717) is 5.25 Å². The molecule has 1 aliphatic rings. The van der Waals surface area contributed by atoms with Gasteiger partial charge in [0.25, 0.3) is 0 Å². The van der Waals surface area contributed by atoms with Crippen LogP contribution in [0.5, 0.6) is 11.5 Å². The lowest BCUT2D eigenvalue weighted by Gasteiger charge is -2.29. The number of methoxy groups -OCH3 is 2. The molecule has 174 valence electrons. The highest BCUT2D eigenvalue weighted by molar-refractivity contribution is 8.00. The summed E-state index contributed by atoms with van der Waals surface area (Å²) < 4.78 is 13.3. The molecule has 0 amide bonds. The zero-order valence-corrected chi connectivity index (χ0v) is 20.7. The Morgan fingerprint density at radius 1 is 0.853 bits per heavy atom. The van der Waals surface area contributed by atoms with Crippen molar-refractivity contribution in [2.45, 2.75) is 23.1 Å². The summed E-state index contributed by atoms with van der Waals surface area (Å²) in [5, 5.41) is 0.293. The molecule has 0 fully saturated rings. The van der Waals surface area contributed by atoms with Gasteiger partial charge in [0, 0.05) is 29.4 Å². The number of likely N-dealkylation sites (N-methyl/N-ethyl adjacent to an activating group) is 1. The number of nitrogens with zero attached hydrogens (tertiary/aromatic N) is 2. The Hall–Kier alpha value is -3.15. The van der Waals surface area contributed by atoms with Gasteiger partial charge < -0.3 is 18.9 Å². The van der Waals surface area contributed by atoms with Gasteiger partial charge in [-0.15, -0.1) is 11.8 Å². The summed E-state index contributed by atoms with van der Waals surface area (Å²) in [6.45, 7) is 1.84. The molecule has 1 aromatic heterocycles. The minimum Gasteiger partial charge on any atom is -0.493 e. The second-order valence-corrected chi connectivity index (χ2v) is 9.79. The van der Waals surface area contributed by atoms with Crippen molar-refractivity contribution in [1.82, 2.24) is 9.47 Å². The fourth-order valence-corrected chi connectivity index (χ4v) is 5.91. The van der Waals surface area contributed by atoms with Crippen LogP contribution in [-0.4, -0.2) is 37.3 Å². The Labute approximate surface area is 206 Å². The monoisotopic (exact) mass is 470 g/mol. The molecule has 4 nitrogen and oxygen atoms in total. The van der Waals surface area contributed by atoms with E-state index in [2.05, 4.69) is 95.4 Å². The standard InChI is InChI=1S/C29H30N2O2S/c1-30(18-17-21-13-16-26(32-2)27(19-21)33-3)20-23-14-15-25-29(22-9-5-4-6-10-22)34-28-12-8-7-11-24(28)31(23)25/h4-16,19,29H,17-18,20H2,1-3H3. The molecule has 2 heterocycles. The molecule has 0 saturated heterocycles. The molecule has 34 heavy (non-hydrogen) atoms. The second-order valence-electron chi connectivity index (χ2n) is 8.64. The Balaban J connectivity index is 1.37. The molecular formula is C29H30N2O2S. The quantitative estimate of drug-likeness (QED) is 0.299. The lowest BCUT2D eigenvalue weighted by molar-refractivity contribution is 0.324. The van der Waals surface area contributed by atoms with Gasteiger partial charge in [0.1, 0.15) is 0 Å². The van der Waals surface area contributed by atoms with Crippen LogP contribution in [-0.2, 0) is 13.0 Å². The van der Waals surface area contributed by atoms with Gasteiger partial charge in [-0.2, -0.15) is 0 Å². The first-order valence-electron chi connectivity index (χ1n) is 11.6. The van der Waals surface area contributed by atoms with Crippen LogP contribution in [0.4, 0.5) is 0 Å². The summed E-state index contributed by atoms with van der Waals surface area (Å²) >= 11 is 1.94. The van der Waals surface area contributed by atoms with Crippen molar-refractivity contribution in [3.8, 4) is 17.2 Å². The molecule has 0 N–H and O–H groups in total. The number of ether oxygens (including phenoxy) is 2. The second kappa shape index (κ2) is 10.00. The zero-order valence-electron chi connectivity index (χ0n) is 19.9. The van der Waals surface area contributed by atoms with Crippen molar-refractivity contribution >= 4 is 11.8 Å². The highest BCUT2D eigenvalue weighted by atomic mass is 32.2. The molecule has 4 aromatic rings. The Bertz CT molecular complexity index is 1270. The minimum atomic E-state index is 0.293. The number of hydrogen-bond donors (Lipinski definition) is 0. The van der Waals surface area contributed by atoms with E-state index in [9.17, 15) is 0 Å². The molecule has 1 atom stereocenters. The Kier molecular flexibility index (Phi) is 6.66. The topological polar surface area (TPSA) is 26.6 Å². The van der Waals surface area contributed by atoms with Crippen LogP contribution >= 0.6 is 11.8 Å². The van der Waals surface area contributed by atoms with Crippen LogP contribution in [0, 0.1) is 0 Å². The van der Waals surface area contributed by atoms with Crippen LogP contribution < -0.4 is 9.47 Å². The van der Waals surface area contributed by atoms with Gasteiger partial charge in [-0.3, -0.25) is 0 Å². The normalized spacial score (nSPS) is 14.5. The summed E-state index contributed by atoms with van der Waals surface area (Å²) in [6.07, 6.45) is 0.948. The number of rotatable bonds is 8. The van der Waals surface area contributed by atoms with Crippen LogP contribution in [0.1, 0.15) is 27.8 Å². The summed E-state index contributed by atoms with van der Waals surface area (Å²) in [6, 6.07) is 30.3. The van der Waals surface area contributed by atoms with Crippen LogP contribution in [0.2, 0.25) is 0 Å². The smallest absolute Gasteiger partial charge is 0.160 e. The highest BCUT2D eigenvalue weighted by Gasteiger charge is 2.28. The van der Waals surface area contributed by atoms with Crippen molar-refractivity contribution in [2.24, 2.45) is 0 Å². The van der Waals surface area contributed by atoms with Gasteiger partial charge in [0.05, 0.1) is 25.2 Å². The molecule has 0 radical (unpaired) electrons. The molecule has 0 spiro atoms. The van der Waals surface area contributed by atoms with Gasteiger partial charge in [-0.25, -0.2) is 0 Å². The molecule has 0 aliphatic carbocycles. The molecule has 3 aromatic carbocycles. The molecule has 5 heteroatoms. The molecule has 1 unspecified atom stereocenters. The van der Waals surface area contributed by atoms with Crippen molar-refractivity contribution in [3.63, 3.8) is 0 Å². The first-order chi connectivity index (χ1) is 16.7. The third-order valence-corrected chi connectivity index (χ3v) is 7.72. The predicted molar refractivity (Wildman–Crippen MR) is 139 cm³/mol. The van der Waals surface area contributed by atoms with Crippen LogP contribution in [0.3, 0.4) is 0 Å². The van der Waals surface area contributed by atoms with Gasteiger partial charge in [0.2, 0.25) is 0 Å². The minimum absolute atomic E-state index is 0.293. The summed E-state index contributed by atoms with van der Waals surface area (Å²) in [5.41, 5.74) is 6.53. The van der Waals surface area contributed by atoms with Crippen LogP contribution in [0.15, 0.2) is 89.8 Å². The third-order valence-electron chi connectivity index (χ3n) is 6.38. The average Bonchev–Trinajstić information content (AvgIpc) is 3.31. The van der Waals surface area contributed by atoms with Crippen LogP contribution in [0.25, 0.3) is 5.69 Å². The highest BCUT2D eigenvalue weighted by Crippen LogP contribution is 2.48. The van der Waals surface area contributed by atoms with E-state index >= 15 is 0 Å². The first kappa shape index (κ1) is 22.6. The Morgan fingerprint density at radius 2 is 1.62 bits per heavy atom. The van der Waals surface area contributed by atoms with Crippen molar-refractivity contribution in [2.75, 3.05) is 27.8 Å². The molecule has 0 saturated carbocycles. The largest absolute Gasteiger partial charge is 0.493 e. The van der Waals surface area contributed by atoms with E-state index in [1.807, 2.05) is 17.8 Å². The number of aromatic nitrogens is 1. The van der Waals surface area contributed by atoms with Crippen molar-refractivity contribution in [1.29, 1.82) is 0 Å². The summed E-state index contributed by atoms with van der Waals surface area (Å²) in [5.74, 6) is 1.55.